The molecule has 0 aliphatic heterocycles. The van der Waals surface area contributed by atoms with Gasteiger partial charge in [-0.3, -0.25) is 4.79 Å². The smallest absolute Gasteiger partial charge is 0.244 e. The van der Waals surface area contributed by atoms with Crippen LogP contribution >= 0.6 is 11.3 Å². The zero-order valence-electron chi connectivity index (χ0n) is 16.0. The number of hydrogen-bond acceptors (Lipinski definition) is 5. The molecule has 28 heavy (non-hydrogen) atoms. The summed E-state index contributed by atoms with van der Waals surface area (Å²) in [4.78, 5) is 17.0. The van der Waals surface area contributed by atoms with Gasteiger partial charge in [0.1, 0.15) is 0 Å². The van der Waals surface area contributed by atoms with Crippen LogP contribution in [0.5, 0.6) is 0 Å². The highest BCUT2D eigenvalue weighted by Gasteiger charge is 2.31. The molecular weight excluding hydrogens is 394 g/mol. The zero-order valence-corrected chi connectivity index (χ0v) is 17.7. The Morgan fingerprint density at radius 2 is 1.93 bits per heavy atom. The Labute approximate surface area is 169 Å². The molecule has 0 fully saturated rings. The molecule has 1 atom stereocenters. The number of thiazole rings is 1. The molecule has 0 unspecified atom stereocenters. The Morgan fingerprint density at radius 3 is 2.61 bits per heavy atom. The van der Waals surface area contributed by atoms with Crippen molar-refractivity contribution in [3.05, 3.63) is 53.5 Å². The average molecular weight is 418 g/mol. The second kappa shape index (κ2) is 8.38. The third-order valence-corrected chi connectivity index (χ3v) is 7.48. The van der Waals surface area contributed by atoms with E-state index in [1.165, 1.54) is 15.6 Å². The van der Waals surface area contributed by atoms with Crippen molar-refractivity contribution < 1.29 is 13.2 Å². The SMILES string of the molecule is CC[C@H](C)N(CC(=O)Nc1nc(C)cs1)S(=O)(=O)c1cccc2ccccc12. The van der Waals surface area contributed by atoms with E-state index in [9.17, 15) is 13.2 Å². The number of aromatic nitrogens is 1. The normalized spacial score (nSPS) is 13.0. The first-order chi connectivity index (χ1) is 13.3. The molecule has 0 spiro atoms. The lowest BCUT2D eigenvalue weighted by Crippen LogP contribution is -2.43. The molecular formula is C20H23N3O3S2. The summed E-state index contributed by atoms with van der Waals surface area (Å²) in [6.45, 7) is 5.28. The second-order valence-electron chi connectivity index (χ2n) is 6.63. The van der Waals surface area contributed by atoms with Crippen LogP contribution in [0.4, 0.5) is 5.13 Å². The van der Waals surface area contributed by atoms with Crippen LogP contribution in [0, 0.1) is 6.92 Å². The number of carbonyl (C=O) groups excluding carboxylic acids is 1. The van der Waals surface area contributed by atoms with E-state index >= 15 is 0 Å². The highest BCUT2D eigenvalue weighted by molar-refractivity contribution is 7.89. The molecule has 2 aromatic carbocycles. The second-order valence-corrected chi connectivity index (χ2v) is 9.34. The monoisotopic (exact) mass is 417 g/mol. The standard InChI is InChI=1S/C20H23N3O3S2/c1-4-15(3)23(12-19(24)22-20-21-14(2)13-27-20)28(25,26)18-11-7-9-16-8-5-6-10-17(16)18/h5-11,13,15H,4,12H2,1-3H3,(H,21,22,24)/t15-/m0/s1. The minimum Gasteiger partial charge on any atom is -0.301 e. The van der Waals surface area contributed by atoms with Gasteiger partial charge in [-0.15, -0.1) is 11.3 Å². The Morgan fingerprint density at radius 1 is 1.21 bits per heavy atom. The molecule has 0 bridgehead atoms. The van der Waals surface area contributed by atoms with Crippen molar-refractivity contribution in [2.24, 2.45) is 0 Å². The minimum absolute atomic E-state index is 0.212. The van der Waals surface area contributed by atoms with E-state index in [-0.39, 0.29) is 17.5 Å². The summed E-state index contributed by atoms with van der Waals surface area (Å²) in [6.07, 6.45) is 0.591. The largest absolute Gasteiger partial charge is 0.301 e. The molecule has 0 saturated carbocycles. The Hall–Kier alpha value is -2.29. The van der Waals surface area contributed by atoms with Crippen molar-refractivity contribution in [1.82, 2.24) is 9.29 Å². The van der Waals surface area contributed by atoms with Crippen LogP contribution < -0.4 is 5.32 Å². The molecule has 0 aliphatic carbocycles. The Bertz CT molecular complexity index is 1090. The van der Waals surface area contributed by atoms with Crippen LogP contribution in [0.3, 0.4) is 0 Å². The fourth-order valence-electron chi connectivity index (χ4n) is 2.94. The summed E-state index contributed by atoms with van der Waals surface area (Å²) < 4.78 is 28.2. The van der Waals surface area contributed by atoms with Crippen LogP contribution in [-0.2, 0) is 14.8 Å². The summed E-state index contributed by atoms with van der Waals surface area (Å²) in [6, 6.07) is 12.2. The summed E-state index contributed by atoms with van der Waals surface area (Å²) in [5, 5.41) is 6.48. The number of sulfonamides is 1. The van der Waals surface area contributed by atoms with E-state index in [0.717, 1.165) is 11.1 Å². The maximum atomic E-state index is 13.5. The van der Waals surface area contributed by atoms with Gasteiger partial charge in [-0.1, -0.05) is 43.3 Å². The molecule has 0 radical (unpaired) electrons. The van der Waals surface area contributed by atoms with Crippen molar-refractivity contribution in [3.63, 3.8) is 0 Å². The van der Waals surface area contributed by atoms with Crippen molar-refractivity contribution in [3.8, 4) is 0 Å². The number of aryl methyl sites for hydroxylation is 1. The predicted molar refractivity (Wildman–Crippen MR) is 113 cm³/mol. The van der Waals surface area contributed by atoms with Crippen LogP contribution in [0.15, 0.2) is 52.7 Å². The zero-order chi connectivity index (χ0) is 20.3. The number of rotatable bonds is 7. The van der Waals surface area contributed by atoms with Crippen molar-refractivity contribution >= 4 is 43.2 Å². The van der Waals surface area contributed by atoms with E-state index in [4.69, 9.17) is 0 Å². The Kier molecular flexibility index (Phi) is 6.12. The van der Waals surface area contributed by atoms with Gasteiger partial charge in [0.25, 0.3) is 0 Å². The molecule has 6 nitrogen and oxygen atoms in total. The number of amides is 1. The maximum absolute atomic E-state index is 13.5. The third kappa shape index (κ3) is 4.24. The molecule has 1 N–H and O–H groups in total. The molecule has 1 amide bonds. The molecule has 0 aliphatic rings. The van der Waals surface area contributed by atoms with Gasteiger partial charge in [0.15, 0.2) is 5.13 Å². The van der Waals surface area contributed by atoms with Crippen LogP contribution in [-0.4, -0.2) is 36.2 Å². The van der Waals surface area contributed by atoms with Gasteiger partial charge >= 0.3 is 0 Å². The Balaban J connectivity index is 1.94. The fraction of sp³-hybridized carbons (Fsp3) is 0.300. The summed E-state index contributed by atoms with van der Waals surface area (Å²) in [5.41, 5.74) is 0.808. The molecule has 8 heteroatoms. The van der Waals surface area contributed by atoms with Crippen LogP contribution in [0.2, 0.25) is 0 Å². The van der Waals surface area contributed by atoms with Gasteiger partial charge in [-0.25, -0.2) is 13.4 Å². The number of benzene rings is 2. The quantitative estimate of drug-likeness (QED) is 0.629. The molecule has 3 rings (SSSR count). The van der Waals surface area contributed by atoms with Gasteiger partial charge < -0.3 is 5.32 Å². The van der Waals surface area contributed by atoms with Crippen molar-refractivity contribution in [1.29, 1.82) is 0 Å². The first-order valence-corrected chi connectivity index (χ1v) is 11.4. The van der Waals surface area contributed by atoms with Gasteiger partial charge in [0.05, 0.1) is 17.1 Å². The molecule has 1 heterocycles. The van der Waals surface area contributed by atoms with Gasteiger partial charge in [0.2, 0.25) is 15.9 Å². The number of carbonyl (C=O) groups is 1. The van der Waals surface area contributed by atoms with E-state index < -0.39 is 15.9 Å². The van der Waals surface area contributed by atoms with Crippen molar-refractivity contribution in [2.45, 2.75) is 38.1 Å². The van der Waals surface area contributed by atoms with E-state index in [0.29, 0.717) is 16.9 Å². The van der Waals surface area contributed by atoms with Crippen LogP contribution in [0.25, 0.3) is 10.8 Å². The maximum Gasteiger partial charge on any atom is 0.244 e. The number of nitrogens with zero attached hydrogens (tertiary/aromatic N) is 2. The molecule has 148 valence electrons. The lowest BCUT2D eigenvalue weighted by molar-refractivity contribution is -0.116. The van der Waals surface area contributed by atoms with Crippen molar-refractivity contribution in [2.75, 3.05) is 11.9 Å². The minimum atomic E-state index is -3.87. The first kappa shape index (κ1) is 20.4. The predicted octanol–water partition coefficient (Wildman–Crippen LogP) is 4.03. The highest BCUT2D eigenvalue weighted by atomic mass is 32.2. The fourth-order valence-corrected chi connectivity index (χ4v) is 5.52. The topological polar surface area (TPSA) is 79.4 Å². The summed E-state index contributed by atoms with van der Waals surface area (Å²) >= 11 is 1.31. The van der Waals surface area contributed by atoms with E-state index in [1.54, 1.807) is 18.2 Å². The number of nitrogens with one attached hydrogen (secondary N) is 1. The lowest BCUT2D eigenvalue weighted by Gasteiger charge is -2.27. The molecule has 1 aromatic heterocycles. The van der Waals surface area contributed by atoms with E-state index in [2.05, 4.69) is 10.3 Å². The van der Waals surface area contributed by atoms with Gasteiger partial charge in [-0.2, -0.15) is 4.31 Å². The van der Waals surface area contributed by atoms with E-state index in [1.807, 2.05) is 50.4 Å². The summed E-state index contributed by atoms with van der Waals surface area (Å²) in [7, 11) is -3.87. The number of fused-ring (bicyclic) bond motifs is 1. The first-order valence-electron chi connectivity index (χ1n) is 9.04. The third-order valence-electron chi connectivity index (χ3n) is 4.58. The number of anilines is 1. The molecule has 0 saturated heterocycles. The lowest BCUT2D eigenvalue weighted by atomic mass is 10.1. The van der Waals surface area contributed by atoms with Gasteiger partial charge in [-0.05, 0) is 31.7 Å². The van der Waals surface area contributed by atoms with Gasteiger partial charge in [0, 0.05) is 16.8 Å². The number of hydrogen-bond donors (Lipinski definition) is 1. The summed E-state index contributed by atoms with van der Waals surface area (Å²) in [5.74, 6) is -0.404. The molecule has 3 aromatic rings. The highest BCUT2D eigenvalue weighted by Crippen LogP contribution is 2.27. The average Bonchev–Trinajstić information content (AvgIpc) is 3.09. The van der Waals surface area contributed by atoms with Crippen LogP contribution in [0.1, 0.15) is 26.0 Å².